The first-order valence-electron chi connectivity index (χ1n) is 5.36. The second-order valence-corrected chi connectivity index (χ2v) is 4.51. The van der Waals surface area contributed by atoms with E-state index in [0.717, 1.165) is 13.1 Å². The van der Waals surface area contributed by atoms with E-state index < -0.39 is 12.1 Å². The van der Waals surface area contributed by atoms with Gasteiger partial charge in [0.25, 0.3) is 0 Å². The van der Waals surface area contributed by atoms with Crippen LogP contribution in [0.1, 0.15) is 19.8 Å². The van der Waals surface area contributed by atoms with Gasteiger partial charge in [0.05, 0.1) is 0 Å². The first kappa shape index (κ1) is 10.3. The summed E-state index contributed by atoms with van der Waals surface area (Å²) in [6.07, 6.45) is 1.29. The second kappa shape index (κ2) is 3.72. The van der Waals surface area contributed by atoms with Gasteiger partial charge in [0.15, 0.2) is 0 Å². The Bertz CT molecular complexity index is 280. The lowest BCUT2D eigenvalue weighted by molar-refractivity contribution is -0.132. The van der Waals surface area contributed by atoms with Crippen LogP contribution in [0.4, 0.5) is 4.79 Å². The lowest BCUT2D eigenvalue weighted by Gasteiger charge is -2.27. The van der Waals surface area contributed by atoms with Crippen LogP contribution in [0.5, 0.6) is 0 Å². The Morgan fingerprint density at radius 2 is 1.87 bits per heavy atom. The van der Waals surface area contributed by atoms with Crippen molar-refractivity contribution in [1.29, 1.82) is 0 Å². The Hall–Kier alpha value is -1.26. The van der Waals surface area contributed by atoms with E-state index in [-0.39, 0.29) is 5.91 Å². The van der Waals surface area contributed by atoms with Gasteiger partial charge in [0.1, 0.15) is 6.04 Å². The van der Waals surface area contributed by atoms with Crippen LogP contribution < -0.4 is 5.32 Å². The van der Waals surface area contributed by atoms with Gasteiger partial charge >= 0.3 is 6.09 Å². The maximum absolute atomic E-state index is 11.8. The smallest absolute Gasteiger partial charge is 0.405 e. The zero-order valence-corrected chi connectivity index (χ0v) is 8.77. The average Bonchev–Trinajstić information content (AvgIpc) is 2.40. The Kier molecular flexibility index (Phi) is 2.54. The quantitative estimate of drug-likeness (QED) is 0.700. The van der Waals surface area contributed by atoms with Crippen LogP contribution in [0.25, 0.3) is 0 Å². The van der Waals surface area contributed by atoms with E-state index >= 15 is 0 Å². The number of nitrogens with one attached hydrogen (secondary N) is 1. The van der Waals surface area contributed by atoms with Crippen molar-refractivity contribution in [3.63, 3.8) is 0 Å². The largest absolute Gasteiger partial charge is 0.465 e. The third kappa shape index (κ3) is 1.91. The molecule has 5 nitrogen and oxygen atoms in total. The normalized spacial score (nSPS) is 30.3. The van der Waals surface area contributed by atoms with Crippen molar-refractivity contribution in [1.82, 2.24) is 10.2 Å². The standard InChI is InChI=1S/C10H16N2O3/c1-6(11-10(14)15)9(13)12-4-7-2-3-8(7)5-12/h6-8,11H,2-5H2,1H3,(H,14,15)/t6-,7?,8?/m1/s1. The molecule has 15 heavy (non-hydrogen) atoms. The van der Waals surface area contributed by atoms with Gasteiger partial charge in [-0.1, -0.05) is 0 Å². The van der Waals surface area contributed by atoms with Crippen LogP contribution in [-0.2, 0) is 4.79 Å². The van der Waals surface area contributed by atoms with Gasteiger partial charge in [-0.3, -0.25) is 4.79 Å². The summed E-state index contributed by atoms with van der Waals surface area (Å²) < 4.78 is 0. The number of rotatable bonds is 2. The molecule has 84 valence electrons. The number of hydrogen-bond acceptors (Lipinski definition) is 2. The minimum Gasteiger partial charge on any atom is -0.465 e. The van der Waals surface area contributed by atoms with E-state index in [9.17, 15) is 9.59 Å². The number of nitrogens with zero attached hydrogens (tertiary/aromatic N) is 1. The highest BCUT2D eigenvalue weighted by Gasteiger charge is 2.41. The number of fused-ring (bicyclic) bond motifs is 1. The van der Waals surface area contributed by atoms with E-state index in [1.165, 1.54) is 12.8 Å². The predicted molar refractivity (Wildman–Crippen MR) is 53.4 cm³/mol. The molecule has 0 radical (unpaired) electrons. The number of carbonyl (C=O) groups is 2. The van der Waals surface area contributed by atoms with Crippen molar-refractivity contribution in [2.24, 2.45) is 11.8 Å². The van der Waals surface area contributed by atoms with Crippen LogP contribution >= 0.6 is 0 Å². The predicted octanol–water partition coefficient (Wildman–Crippen LogP) is 0.511. The van der Waals surface area contributed by atoms with Gasteiger partial charge in [0.2, 0.25) is 5.91 Å². The summed E-state index contributed by atoms with van der Waals surface area (Å²) in [6.45, 7) is 3.22. The van der Waals surface area contributed by atoms with Gasteiger partial charge in [-0.2, -0.15) is 0 Å². The molecule has 0 spiro atoms. The first-order chi connectivity index (χ1) is 7.08. The summed E-state index contributed by atoms with van der Waals surface area (Å²) in [5.41, 5.74) is 0. The van der Waals surface area contributed by atoms with E-state index in [2.05, 4.69) is 5.32 Å². The SMILES string of the molecule is C[C@@H](NC(=O)O)C(=O)N1CC2CCC2C1. The highest BCUT2D eigenvalue weighted by molar-refractivity contribution is 5.85. The van der Waals surface area contributed by atoms with Crippen molar-refractivity contribution in [3.8, 4) is 0 Å². The molecule has 2 amide bonds. The average molecular weight is 212 g/mol. The van der Waals surface area contributed by atoms with Crippen LogP contribution in [0, 0.1) is 11.8 Å². The number of carboxylic acid groups (broad SMARTS) is 1. The van der Waals surface area contributed by atoms with Crippen molar-refractivity contribution < 1.29 is 14.7 Å². The number of likely N-dealkylation sites (tertiary alicyclic amines) is 1. The van der Waals surface area contributed by atoms with Crippen LogP contribution in [0.3, 0.4) is 0 Å². The van der Waals surface area contributed by atoms with Gasteiger partial charge in [-0.05, 0) is 31.6 Å². The van der Waals surface area contributed by atoms with Crippen LogP contribution in [0.15, 0.2) is 0 Å². The number of amides is 2. The molecule has 1 aliphatic carbocycles. The molecular weight excluding hydrogens is 196 g/mol. The maximum Gasteiger partial charge on any atom is 0.405 e. The molecule has 2 aliphatic rings. The molecular formula is C10H16N2O3. The summed E-state index contributed by atoms with van der Waals surface area (Å²) in [5, 5.41) is 10.7. The van der Waals surface area contributed by atoms with E-state index in [4.69, 9.17) is 5.11 Å². The number of carbonyl (C=O) groups excluding carboxylic acids is 1. The lowest BCUT2D eigenvalue weighted by atomic mass is 9.77. The molecule has 2 fully saturated rings. The van der Waals surface area contributed by atoms with Crippen molar-refractivity contribution in [2.45, 2.75) is 25.8 Å². The highest BCUT2D eigenvalue weighted by atomic mass is 16.4. The summed E-state index contributed by atoms with van der Waals surface area (Å²) in [4.78, 5) is 24.0. The zero-order chi connectivity index (χ0) is 11.0. The fraction of sp³-hybridized carbons (Fsp3) is 0.800. The molecule has 0 aromatic rings. The fourth-order valence-electron chi connectivity index (χ4n) is 2.46. The third-order valence-corrected chi connectivity index (χ3v) is 3.51. The van der Waals surface area contributed by atoms with E-state index in [1.807, 2.05) is 0 Å². The topological polar surface area (TPSA) is 69.6 Å². The fourth-order valence-corrected chi connectivity index (χ4v) is 2.46. The van der Waals surface area contributed by atoms with Crippen LogP contribution in [-0.4, -0.2) is 41.1 Å². The van der Waals surface area contributed by atoms with Gasteiger partial charge in [-0.25, -0.2) is 4.79 Å². The monoisotopic (exact) mass is 212 g/mol. The number of hydrogen-bond donors (Lipinski definition) is 2. The molecule has 5 heteroatoms. The first-order valence-corrected chi connectivity index (χ1v) is 5.36. The maximum atomic E-state index is 11.8. The molecule has 2 unspecified atom stereocenters. The summed E-state index contributed by atoms with van der Waals surface area (Å²) in [7, 11) is 0. The van der Waals surface area contributed by atoms with E-state index in [0.29, 0.717) is 11.8 Å². The summed E-state index contributed by atoms with van der Waals surface area (Å²) >= 11 is 0. The molecule has 1 heterocycles. The molecule has 0 aromatic carbocycles. The molecule has 0 aromatic heterocycles. The van der Waals surface area contributed by atoms with Gasteiger partial charge in [-0.15, -0.1) is 0 Å². The van der Waals surface area contributed by atoms with Crippen LogP contribution in [0.2, 0.25) is 0 Å². The Morgan fingerprint density at radius 1 is 1.33 bits per heavy atom. The minimum atomic E-state index is -1.14. The Balaban J connectivity index is 1.87. The second-order valence-electron chi connectivity index (χ2n) is 4.51. The molecule has 2 N–H and O–H groups in total. The van der Waals surface area contributed by atoms with Crippen molar-refractivity contribution in [3.05, 3.63) is 0 Å². The molecule has 3 atom stereocenters. The lowest BCUT2D eigenvalue weighted by Crippen LogP contribution is -2.45. The molecule has 0 bridgehead atoms. The van der Waals surface area contributed by atoms with Gasteiger partial charge < -0.3 is 15.3 Å². The molecule has 2 rings (SSSR count). The highest BCUT2D eigenvalue weighted by Crippen LogP contribution is 2.40. The Morgan fingerprint density at radius 3 is 2.27 bits per heavy atom. The summed E-state index contributed by atoms with van der Waals surface area (Å²) in [6, 6.07) is -0.625. The zero-order valence-electron chi connectivity index (χ0n) is 8.77. The van der Waals surface area contributed by atoms with Gasteiger partial charge in [0, 0.05) is 13.1 Å². The summed E-state index contributed by atoms with van der Waals surface area (Å²) in [5.74, 6) is 1.25. The van der Waals surface area contributed by atoms with Crippen molar-refractivity contribution >= 4 is 12.0 Å². The molecule has 1 saturated carbocycles. The Labute approximate surface area is 88.4 Å². The molecule has 1 aliphatic heterocycles. The van der Waals surface area contributed by atoms with Crippen molar-refractivity contribution in [2.75, 3.05) is 13.1 Å². The molecule has 1 saturated heterocycles. The van der Waals surface area contributed by atoms with E-state index in [1.54, 1.807) is 11.8 Å². The minimum absolute atomic E-state index is 0.0909. The third-order valence-electron chi connectivity index (χ3n) is 3.51.